The topological polar surface area (TPSA) is 15.7 Å². The van der Waals surface area contributed by atoms with Crippen molar-refractivity contribution < 1.29 is 4.74 Å². The summed E-state index contributed by atoms with van der Waals surface area (Å²) in [7, 11) is 1.74. The van der Waals surface area contributed by atoms with Crippen molar-refractivity contribution >= 4 is 11.6 Å². The van der Waals surface area contributed by atoms with Crippen molar-refractivity contribution in [3.05, 3.63) is 101 Å². The van der Waals surface area contributed by atoms with Crippen LogP contribution in [0.1, 0.15) is 22.7 Å². The van der Waals surface area contributed by atoms with Crippen LogP contribution in [0, 0.1) is 0 Å². The van der Waals surface area contributed by atoms with Crippen molar-refractivity contribution in [2.45, 2.75) is 12.6 Å². The Morgan fingerprint density at radius 3 is 2.10 bits per heavy atom. The molecule has 1 fully saturated rings. The highest BCUT2D eigenvalue weighted by Gasteiger charge is 2.26. The van der Waals surface area contributed by atoms with Crippen LogP contribution in [0.25, 0.3) is 0 Å². The summed E-state index contributed by atoms with van der Waals surface area (Å²) in [5.41, 5.74) is 3.87. The number of hydrogen-bond donors (Lipinski definition) is 0. The Kier molecular flexibility index (Phi) is 6.50. The van der Waals surface area contributed by atoms with E-state index < -0.39 is 0 Å². The molecule has 3 aromatic rings. The minimum absolute atomic E-state index is 0.252. The Labute approximate surface area is 178 Å². The molecule has 0 bridgehead atoms. The van der Waals surface area contributed by atoms with Crippen LogP contribution in [-0.4, -0.2) is 43.1 Å². The zero-order chi connectivity index (χ0) is 20.1. The molecule has 29 heavy (non-hydrogen) atoms. The minimum Gasteiger partial charge on any atom is -0.496 e. The van der Waals surface area contributed by atoms with Crippen molar-refractivity contribution in [2.75, 3.05) is 33.3 Å². The molecule has 0 saturated carbocycles. The number of benzene rings is 3. The van der Waals surface area contributed by atoms with Crippen LogP contribution < -0.4 is 4.74 Å². The molecule has 3 aromatic carbocycles. The van der Waals surface area contributed by atoms with Gasteiger partial charge in [-0.2, -0.15) is 0 Å². The van der Waals surface area contributed by atoms with Gasteiger partial charge in [0.25, 0.3) is 0 Å². The van der Waals surface area contributed by atoms with Gasteiger partial charge in [0.2, 0.25) is 0 Å². The standard InChI is InChI=1S/C25H27ClN2O/c1-29-24-10-6-5-9-22(24)19-27-15-17-28(18-16-27)25(20-7-3-2-4-8-20)21-11-13-23(26)14-12-21/h2-14,25H,15-19H2,1H3. The molecule has 0 aromatic heterocycles. The second-order valence-electron chi connectivity index (χ2n) is 7.49. The van der Waals surface area contributed by atoms with Crippen LogP contribution in [-0.2, 0) is 6.54 Å². The molecule has 1 aliphatic rings. The molecule has 0 aliphatic carbocycles. The number of halogens is 1. The lowest BCUT2D eigenvalue weighted by Gasteiger charge is -2.40. The maximum Gasteiger partial charge on any atom is 0.123 e. The van der Waals surface area contributed by atoms with Gasteiger partial charge in [0, 0.05) is 43.3 Å². The number of nitrogens with zero attached hydrogens (tertiary/aromatic N) is 2. The van der Waals surface area contributed by atoms with Gasteiger partial charge in [0.15, 0.2) is 0 Å². The van der Waals surface area contributed by atoms with Crippen molar-refractivity contribution in [1.82, 2.24) is 9.80 Å². The number of ether oxygens (including phenoxy) is 1. The predicted octanol–water partition coefficient (Wildman–Crippen LogP) is 5.26. The first-order chi connectivity index (χ1) is 14.2. The fourth-order valence-electron chi connectivity index (χ4n) is 4.15. The zero-order valence-corrected chi connectivity index (χ0v) is 17.6. The summed E-state index contributed by atoms with van der Waals surface area (Å²) in [6.07, 6.45) is 0. The summed E-state index contributed by atoms with van der Waals surface area (Å²) in [6.45, 7) is 5.05. The number of para-hydroxylation sites is 1. The van der Waals surface area contributed by atoms with E-state index in [1.54, 1.807) is 7.11 Å². The molecule has 0 N–H and O–H groups in total. The predicted molar refractivity (Wildman–Crippen MR) is 120 cm³/mol. The van der Waals surface area contributed by atoms with E-state index in [0.717, 1.165) is 43.5 Å². The lowest BCUT2D eigenvalue weighted by molar-refractivity contribution is 0.104. The van der Waals surface area contributed by atoms with Crippen molar-refractivity contribution in [3.63, 3.8) is 0 Å². The van der Waals surface area contributed by atoms with Crippen molar-refractivity contribution in [1.29, 1.82) is 0 Å². The first-order valence-corrected chi connectivity index (χ1v) is 10.5. The van der Waals surface area contributed by atoms with Crippen molar-refractivity contribution in [3.8, 4) is 5.75 Å². The molecule has 4 heteroatoms. The number of rotatable bonds is 6. The van der Waals surface area contributed by atoms with E-state index in [1.807, 2.05) is 24.3 Å². The monoisotopic (exact) mass is 406 g/mol. The van der Waals surface area contributed by atoms with E-state index in [-0.39, 0.29) is 6.04 Å². The van der Waals surface area contributed by atoms with Crippen molar-refractivity contribution in [2.24, 2.45) is 0 Å². The molecule has 150 valence electrons. The van der Waals surface area contributed by atoms with E-state index >= 15 is 0 Å². The van der Waals surface area contributed by atoms with E-state index in [2.05, 4.69) is 64.4 Å². The van der Waals surface area contributed by atoms with Crippen LogP contribution in [0.2, 0.25) is 5.02 Å². The van der Waals surface area contributed by atoms with Gasteiger partial charge in [-0.25, -0.2) is 0 Å². The maximum atomic E-state index is 6.14. The molecule has 1 unspecified atom stereocenters. The summed E-state index contributed by atoms with van der Waals surface area (Å²) in [5, 5.41) is 0.780. The normalized spacial score (nSPS) is 16.5. The van der Waals surface area contributed by atoms with Gasteiger partial charge in [-0.15, -0.1) is 0 Å². The smallest absolute Gasteiger partial charge is 0.123 e. The summed E-state index contributed by atoms with van der Waals surface area (Å²) in [6, 6.07) is 27.6. The van der Waals surface area contributed by atoms with Gasteiger partial charge >= 0.3 is 0 Å². The molecule has 1 heterocycles. The first kappa shape index (κ1) is 20.0. The van der Waals surface area contributed by atoms with E-state index in [1.165, 1.54) is 16.7 Å². The average Bonchev–Trinajstić information content (AvgIpc) is 2.77. The van der Waals surface area contributed by atoms with E-state index in [0.29, 0.717) is 0 Å². The fourth-order valence-corrected chi connectivity index (χ4v) is 4.27. The van der Waals surface area contributed by atoms with Gasteiger partial charge in [-0.05, 0) is 29.3 Å². The molecule has 0 amide bonds. The molecule has 4 rings (SSSR count). The Hall–Kier alpha value is -2.33. The highest BCUT2D eigenvalue weighted by atomic mass is 35.5. The molecule has 0 radical (unpaired) electrons. The second-order valence-corrected chi connectivity index (χ2v) is 7.93. The Morgan fingerprint density at radius 1 is 0.793 bits per heavy atom. The molecule has 1 saturated heterocycles. The highest BCUT2D eigenvalue weighted by Crippen LogP contribution is 2.31. The van der Waals surface area contributed by atoms with Crippen LogP contribution >= 0.6 is 11.6 Å². The minimum atomic E-state index is 0.252. The fraction of sp³-hybridized carbons (Fsp3) is 0.280. The lowest BCUT2D eigenvalue weighted by Crippen LogP contribution is -2.47. The van der Waals surface area contributed by atoms with E-state index in [9.17, 15) is 0 Å². The van der Waals surface area contributed by atoms with Gasteiger partial charge < -0.3 is 4.74 Å². The van der Waals surface area contributed by atoms with E-state index in [4.69, 9.17) is 16.3 Å². The lowest BCUT2D eigenvalue weighted by atomic mass is 9.96. The third-order valence-corrected chi connectivity index (χ3v) is 5.91. The average molecular weight is 407 g/mol. The van der Waals surface area contributed by atoms with Crippen LogP contribution in [0.4, 0.5) is 0 Å². The quantitative estimate of drug-likeness (QED) is 0.555. The molecule has 0 spiro atoms. The molecular formula is C25H27ClN2O. The summed E-state index contributed by atoms with van der Waals surface area (Å²) < 4.78 is 5.52. The third kappa shape index (κ3) is 4.81. The summed E-state index contributed by atoms with van der Waals surface area (Å²) >= 11 is 6.14. The molecular weight excluding hydrogens is 380 g/mol. The number of hydrogen-bond acceptors (Lipinski definition) is 3. The van der Waals surface area contributed by atoms with Gasteiger partial charge in [-0.3, -0.25) is 9.80 Å². The Balaban J connectivity index is 1.49. The SMILES string of the molecule is COc1ccccc1CN1CCN(C(c2ccccc2)c2ccc(Cl)cc2)CC1. The first-order valence-electron chi connectivity index (χ1n) is 10.1. The molecule has 1 aliphatic heterocycles. The Morgan fingerprint density at radius 2 is 1.41 bits per heavy atom. The van der Waals surface area contributed by atoms with Gasteiger partial charge in [0.1, 0.15) is 5.75 Å². The van der Waals surface area contributed by atoms with Crippen LogP contribution in [0.15, 0.2) is 78.9 Å². The largest absolute Gasteiger partial charge is 0.496 e. The highest BCUT2D eigenvalue weighted by molar-refractivity contribution is 6.30. The summed E-state index contributed by atoms with van der Waals surface area (Å²) in [4.78, 5) is 5.09. The molecule has 1 atom stereocenters. The number of piperazine rings is 1. The van der Waals surface area contributed by atoms with Crippen LogP contribution in [0.5, 0.6) is 5.75 Å². The van der Waals surface area contributed by atoms with Gasteiger partial charge in [0.05, 0.1) is 13.2 Å². The summed E-state index contributed by atoms with van der Waals surface area (Å²) in [5.74, 6) is 0.971. The Bertz CT molecular complexity index is 906. The number of methoxy groups -OCH3 is 1. The zero-order valence-electron chi connectivity index (χ0n) is 16.8. The molecule has 3 nitrogen and oxygen atoms in total. The maximum absolute atomic E-state index is 6.14. The third-order valence-electron chi connectivity index (χ3n) is 5.66. The van der Waals surface area contributed by atoms with Crippen LogP contribution in [0.3, 0.4) is 0 Å². The second kappa shape index (κ2) is 9.45. The van der Waals surface area contributed by atoms with Gasteiger partial charge in [-0.1, -0.05) is 72.3 Å².